The molecule has 2 aliphatic rings. The maximum atomic E-state index is 15.0. The summed E-state index contributed by atoms with van der Waals surface area (Å²) in [7, 11) is 0. The number of carbonyl (C=O) groups is 2. The number of anilines is 1. The molecular weight excluding hydrogens is 511 g/mol. The molecule has 0 aromatic heterocycles. The van der Waals surface area contributed by atoms with Gasteiger partial charge in [-0.25, -0.2) is 4.39 Å². The van der Waals surface area contributed by atoms with Crippen LogP contribution in [-0.4, -0.2) is 23.3 Å². The Balaban J connectivity index is 1.47. The van der Waals surface area contributed by atoms with Gasteiger partial charge < -0.3 is 10.2 Å². The van der Waals surface area contributed by atoms with Gasteiger partial charge in [-0.05, 0) is 78.0 Å². The molecule has 1 aliphatic heterocycles. The van der Waals surface area contributed by atoms with Crippen LogP contribution in [0.15, 0.2) is 66.7 Å². The van der Waals surface area contributed by atoms with Crippen LogP contribution in [0.1, 0.15) is 97.9 Å². The number of likely N-dealkylation sites (tertiary alicyclic amines) is 1. The minimum Gasteiger partial charge on any atom is -0.331 e. The number of piperidine rings is 1. The van der Waals surface area contributed by atoms with Crippen LogP contribution in [0.5, 0.6) is 0 Å². The molecule has 2 amide bonds. The first-order chi connectivity index (χ1) is 19.6. The largest absolute Gasteiger partial charge is 0.331 e. The van der Waals surface area contributed by atoms with Crippen LogP contribution < -0.4 is 5.32 Å². The van der Waals surface area contributed by atoms with Crippen LogP contribution in [0.25, 0.3) is 0 Å². The van der Waals surface area contributed by atoms with E-state index in [9.17, 15) is 14.0 Å². The highest BCUT2D eigenvalue weighted by Gasteiger charge is 2.40. The van der Waals surface area contributed by atoms with Gasteiger partial charge in [0.2, 0.25) is 5.91 Å². The predicted molar refractivity (Wildman–Crippen MR) is 164 cm³/mol. The minimum atomic E-state index is -0.522. The van der Waals surface area contributed by atoms with E-state index >= 15 is 0 Å². The smallest absolute Gasteiger partial charge is 0.257 e. The number of carbonyl (C=O) groups excluding carboxylic acids is 2. The second-order valence-corrected chi connectivity index (χ2v) is 13.0. The lowest BCUT2D eigenvalue weighted by Gasteiger charge is -2.41. The van der Waals surface area contributed by atoms with Crippen LogP contribution in [0.3, 0.4) is 0 Å². The first-order valence-electron chi connectivity index (χ1n) is 15.2. The second-order valence-electron chi connectivity index (χ2n) is 13.0. The molecule has 2 fully saturated rings. The second kappa shape index (κ2) is 12.2. The molecule has 0 spiro atoms. The number of hydrogen-bond acceptors (Lipinski definition) is 2. The molecule has 1 unspecified atom stereocenters. The summed E-state index contributed by atoms with van der Waals surface area (Å²) in [5, 5.41) is 3.15. The molecule has 1 saturated heterocycles. The van der Waals surface area contributed by atoms with Gasteiger partial charge in [0.15, 0.2) is 0 Å². The lowest BCUT2D eigenvalue weighted by molar-refractivity contribution is -0.123. The number of halogens is 1. The minimum absolute atomic E-state index is 0.0464. The predicted octanol–water partition coefficient (Wildman–Crippen LogP) is 8.40. The maximum absolute atomic E-state index is 15.0. The summed E-state index contributed by atoms with van der Waals surface area (Å²) in [6.45, 7) is 8.69. The SMILES string of the molecule is Cc1cccc(F)c1C(=O)N1CCCC(C(=O)Nc2cccc(C(C)(C)C)c2)[C@@H]1c1ccc(CC2CCCC2)cc1. The van der Waals surface area contributed by atoms with Crippen molar-refractivity contribution >= 4 is 17.5 Å². The van der Waals surface area contributed by atoms with E-state index in [1.165, 1.54) is 37.3 Å². The summed E-state index contributed by atoms with van der Waals surface area (Å²) >= 11 is 0. The fourth-order valence-corrected chi connectivity index (χ4v) is 6.65. The van der Waals surface area contributed by atoms with Gasteiger partial charge in [0.05, 0.1) is 17.5 Å². The Morgan fingerprint density at radius 1 is 0.927 bits per heavy atom. The quantitative estimate of drug-likeness (QED) is 0.333. The first-order valence-corrected chi connectivity index (χ1v) is 15.2. The fraction of sp³-hybridized carbons (Fsp3) is 0.444. The van der Waals surface area contributed by atoms with Gasteiger partial charge in [0, 0.05) is 12.2 Å². The zero-order valence-electron chi connectivity index (χ0n) is 24.9. The van der Waals surface area contributed by atoms with Gasteiger partial charge in [0.25, 0.3) is 5.91 Å². The molecule has 1 aliphatic carbocycles. The van der Waals surface area contributed by atoms with Gasteiger partial charge in [-0.2, -0.15) is 0 Å². The summed E-state index contributed by atoms with van der Waals surface area (Å²) in [5.74, 6) is -0.711. The number of nitrogens with one attached hydrogen (secondary N) is 1. The standard InChI is InChI=1S/C36H43FN2O2/c1-24-10-7-16-31(37)32(24)35(41)39-21-9-15-30(34(40)38-29-14-8-13-28(23-29)36(2,3)4)33(39)27-19-17-26(18-20-27)22-25-11-5-6-12-25/h7-8,10,13-14,16-20,23,25,30,33H,5-6,9,11-12,15,21-22H2,1-4H3,(H,38,40)/t30?,33-/m0/s1. The van der Waals surface area contributed by atoms with Crippen molar-refractivity contribution in [3.63, 3.8) is 0 Å². The van der Waals surface area contributed by atoms with Crippen LogP contribution in [0.2, 0.25) is 0 Å². The topological polar surface area (TPSA) is 49.4 Å². The molecule has 3 aromatic rings. The van der Waals surface area contributed by atoms with E-state index in [0.717, 1.165) is 29.2 Å². The van der Waals surface area contributed by atoms with Crippen molar-refractivity contribution in [2.45, 2.75) is 84.1 Å². The zero-order valence-corrected chi connectivity index (χ0v) is 24.9. The molecule has 5 heteroatoms. The summed E-state index contributed by atoms with van der Waals surface area (Å²) in [5.41, 5.74) is 4.75. The van der Waals surface area contributed by atoms with Crippen molar-refractivity contribution in [2.75, 3.05) is 11.9 Å². The van der Waals surface area contributed by atoms with E-state index in [2.05, 4.69) is 56.4 Å². The van der Waals surface area contributed by atoms with E-state index in [1.54, 1.807) is 24.0 Å². The summed E-state index contributed by atoms with van der Waals surface area (Å²) in [6, 6.07) is 20.7. The molecular formula is C36H43FN2O2. The van der Waals surface area contributed by atoms with Crippen molar-refractivity contribution in [3.05, 3.63) is 100 Å². The van der Waals surface area contributed by atoms with Gasteiger partial charge in [-0.15, -0.1) is 0 Å². The molecule has 1 saturated carbocycles. The molecule has 0 radical (unpaired) electrons. The molecule has 4 nitrogen and oxygen atoms in total. The lowest BCUT2D eigenvalue weighted by Crippen LogP contribution is -2.46. The normalized spacial score (nSPS) is 19.8. The molecule has 216 valence electrons. The number of benzene rings is 3. The van der Waals surface area contributed by atoms with Crippen molar-refractivity contribution in [1.29, 1.82) is 0 Å². The van der Waals surface area contributed by atoms with E-state index in [4.69, 9.17) is 0 Å². The number of rotatable bonds is 6. The monoisotopic (exact) mass is 554 g/mol. The van der Waals surface area contributed by atoms with E-state index < -0.39 is 17.8 Å². The summed E-state index contributed by atoms with van der Waals surface area (Å²) in [4.78, 5) is 29.6. The van der Waals surface area contributed by atoms with Crippen molar-refractivity contribution in [1.82, 2.24) is 4.90 Å². The Morgan fingerprint density at radius 3 is 2.32 bits per heavy atom. The average molecular weight is 555 g/mol. The van der Waals surface area contributed by atoms with Gasteiger partial charge in [-0.1, -0.05) is 95.0 Å². The Bertz CT molecular complexity index is 1370. The van der Waals surface area contributed by atoms with Crippen LogP contribution in [0.4, 0.5) is 10.1 Å². The summed E-state index contributed by atoms with van der Waals surface area (Å²) < 4.78 is 15.0. The van der Waals surface area contributed by atoms with Gasteiger partial charge in [-0.3, -0.25) is 9.59 Å². The number of hydrogen-bond donors (Lipinski definition) is 1. The van der Waals surface area contributed by atoms with Gasteiger partial charge >= 0.3 is 0 Å². The van der Waals surface area contributed by atoms with E-state index in [1.807, 2.05) is 18.2 Å². The van der Waals surface area contributed by atoms with Crippen LogP contribution in [0, 0.1) is 24.6 Å². The molecule has 3 aromatic carbocycles. The fourth-order valence-electron chi connectivity index (χ4n) is 6.65. The van der Waals surface area contributed by atoms with E-state index in [0.29, 0.717) is 24.9 Å². The van der Waals surface area contributed by atoms with Crippen LogP contribution >= 0.6 is 0 Å². The molecule has 1 heterocycles. The summed E-state index contributed by atoms with van der Waals surface area (Å²) in [6.07, 6.45) is 7.59. The third-order valence-electron chi connectivity index (χ3n) is 8.98. The number of aryl methyl sites for hydroxylation is 1. The van der Waals surface area contributed by atoms with Crippen molar-refractivity contribution in [2.24, 2.45) is 11.8 Å². The Kier molecular flexibility index (Phi) is 8.63. The molecule has 2 atom stereocenters. The number of nitrogens with zero attached hydrogens (tertiary/aromatic N) is 1. The Hall–Kier alpha value is -3.47. The third kappa shape index (κ3) is 6.55. The average Bonchev–Trinajstić information content (AvgIpc) is 3.46. The molecule has 1 N–H and O–H groups in total. The maximum Gasteiger partial charge on any atom is 0.257 e. The highest BCUT2D eigenvalue weighted by Crippen LogP contribution is 2.39. The van der Waals surface area contributed by atoms with Crippen LogP contribution in [-0.2, 0) is 16.6 Å². The molecule has 5 rings (SSSR count). The lowest BCUT2D eigenvalue weighted by atomic mass is 9.82. The Labute approximate surface area is 244 Å². The Morgan fingerprint density at radius 2 is 1.63 bits per heavy atom. The number of amides is 2. The molecule has 41 heavy (non-hydrogen) atoms. The first kappa shape index (κ1) is 29.0. The zero-order chi connectivity index (χ0) is 29.1. The third-order valence-corrected chi connectivity index (χ3v) is 8.98. The molecule has 0 bridgehead atoms. The van der Waals surface area contributed by atoms with Crippen molar-refractivity contribution < 1.29 is 14.0 Å². The highest BCUT2D eigenvalue weighted by molar-refractivity contribution is 5.98. The highest BCUT2D eigenvalue weighted by atomic mass is 19.1. The van der Waals surface area contributed by atoms with Gasteiger partial charge in [0.1, 0.15) is 5.82 Å². The van der Waals surface area contributed by atoms with E-state index in [-0.39, 0.29) is 22.8 Å². The van der Waals surface area contributed by atoms with Crippen molar-refractivity contribution in [3.8, 4) is 0 Å².